The Morgan fingerprint density at radius 3 is 0.551 bits per heavy atom. The standard InChI is InChI=1S/C112H174N4O20/c1-9-13-17-21-25-29-33-37-41-45-49-129-105-77-89-93(81-109(105)133-73-69-125-65-61-121-57-53-117-5)101-86-98-91-79-107(131-51-47-43-39-35-31-27-23-19-15-11-3)111(135-75-71-127-67-63-123-59-55-119-7)83-95(91)103(115-98)88-100-92-80-108(132-52-48-44-40-36-32-28-24-20-16-12-4)112(136-76-72-128-68-64-124-60-56-120-8)84-96(92)104(116-100)87-99-90-78-106(130-50-46-42-38-34-30-26-22-18-14-10-2)110(82-94(90)102(114-99)85-97(89)113-101)134-74-70-126-66-62-122-58-54-118-6/h77-88,113-114H,9-76H2,1-8H3. The molecule has 24 nitrogen and oxygen atoms in total. The molecule has 0 fully saturated rings. The van der Waals surface area contributed by atoms with Gasteiger partial charge >= 0.3 is 0 Å². The number of rotatable bonds is 88. The highest BCUT2D eigenvalue weighted by Crippen LogP contribution is 2.49. The summed E-state index contributed by atoms with van der Waals surface area (Å²) in [6.07, 6.45) is 48.2. The van der Waals surface area contributed by atoms with E-state index in [0.717, 1.165) is 143 Å². The monoisotopic (exact) mass is 1900 g/mol. The molecule has 4 aromatic carbocycles. The average Bonchev–Trinajstić information content (AvgIpc) is 1.59. The number of nitrogens with one attached hydrogen (secondary N) is 2. The van der Waals surface area contributed by atoms with Crippen molar-refractivity contribution in [2.24, 2.45) is 0 Å². The molecule has 2 N–H and O–H groups in total. The van der Waals surface area contributed by atoms with Crippen molar-refractivity contribution >= 4 is 43.6 Å². The zero-order valence-electron chi connectivity index (χ0n) is 85.1. The number of aromatic nitrogens is 4. The molecule has 0 amide bonds. The lowest BCUT2D eigenvalue weighted by atomic mass is 10.0. The van der Waals surface area contributed by atoms with Crippen LogP contribution in [-0.2, 0) is 56.8 Å². The van der Waals surface area contributed by atoms with E-state index in [1.807, 2.05) is 0 Å². The molecule has 7 aromatic rings. The molecule has 2 aliphatic heterocycles. The Balaban J connectivity index is 1.26. The van der Waals surface area contributed by atoms with Gasteiger partial charge in [0.1, 0.15) is 26.4 Å². The first-order valence-corrected chi connectivity index (χ1v) is 53.0. The van der Waals surface area contributed by atoms with Gasteiger partial charge in [-0.2, -0.15) is 0 Å². The summed E-state index contributed by atoms with van der Waals surface area (Å²) in [6.45, 7) is 20.9. The zero-order chi connectivity index (χ0) is 95.4. The molecule has 0 saturated carbocycles. The fraction of sp³-hybridized carbons (Fsp3) is 0.679. The quantitative estimate of drug-likeness (QED) is 0.0337. The normalized spacial score (nSPS) is 11.8. The van der Waals surface area contributed by atoms with Gasteiger partial charge < -0.3 is 105 Å². The van der Waals surface area contributed by atoms with E-state index < -0.39 is 0 Å². The minimum absolute atomic E-state index is 0.261. The van der Waals surface area contributed by atoms with E-state index in [2.05, 4.69) is 110 Å². The fourth-order valence-electron chi connectivity index (χ4n) is 17.2. The Bertz CT molecular complexity index is 4390. The molecule has 24 heteroatoms. The Kier molecular flexibility index (Phi) is 59.2. The minimum Gasteiger partial charge on any atom is -0.490 e. The molecule has 136 heavy (non-hydrogen) atoms. The van der Waals surface area contributed by atoms with Crippen LogP contribution >= 0.6 is 0 Å². The highest BCUT2D eigenvalue weighted by atomic mass is 16.6. The number of H-pyrrole nitrogens is 2. The molecule has 9 rings (SSSR count). The van der Waals surface area contributed by atoms with E-state index in [4.69, 9.17) is 105 Å². The van der Waals surface area contributed by atoms with Gasteiger partial charge in [0.15, 0.2) is 46.0 Å². The maximum atomic E-state index is 7.01. The second-order valence-corrected chi connectivity index (χ2v) is 36.0. The average molecular weight is 1900 g/mol. The van der Waals surface area contributed by atoms with Crippen LogP contribution in [0.25, 0.3) is 88.6 Å². The van der Waals surface area contributed by atoms with Gasteiger partial charge in [-0.05, 0) is 98.5 Å². The summed E-state index contributed by atoms with van der Waals surface area (Å²) in [5.74, 6) is 4.87. The molecule has 0 unspecified atom stereocenters. The van der Waals surface area contributed by atoms with Gasteiger partial charge in [0.2, 0.25) is 0 Å². The molecule has 0 saturated heterocycles. The lowest BCUT2D eigenvalue weighted by Gasteiger charge is -2.16. The maximum Gasteiger partial charge on any atom is 0.162 e. The van der Waals surface area contributed by atoms with Crippen LogP contribution in [0.4, 0.5) is 0 Å². The molecule has 5 heterocycles. The molecule has 8 bridgehead atoms. The second-order valence-electron chi connectivity index (χ2n) is 36.0. The number of aromatic amines is 2. The molecule has 3 aromatic heterocycles. The number of hydrogen-bond donors (Lipinski definition) is 2. The van der Waals surface area contributed by atoms with E-state index >= 15 is 0 Å². The maximum absolute atomic E-state index is 7.01. The largest absolute Gasteiger partial charge is 0.490 e. The zero-order valence-corrected chi connectivity index (χ0v) is 85.1. The number of fused-ring (bicyclic) bond motifs is 20. The van der Waals surface area contributed by atoms with E-state index in [9.17, 15) is 0 Å². The van der Waals surface area contributed by atoms with Gasteiger partial charge in [0, 0.05) is 94.3 Å². The van der Waals surface area contributed by atoms with Crippen molar-refractivity contribution in [1.29, 1.82) is 0 Å². The molecule has 0 spiro atoms. The SMILES string of the molecule is CCCCCCCCCCCCOc1cc2c(cc1OCCOCCOCCOC)-c1cc3nc(cc4[nH]c(cc5[nH]c(cc-2n1)c1cc(OCCOCCOCCOC)c(OCCCCCCCCCCCC)cc51)c1cc(OCCOCCOCCOC)c(OCCCCCCCCCCCC)cc41)-c1cc(OCCOCCOCCOC)c(OCCCCCCCCCCCC)cc1-3. The smallest absolute Gasteiger partial charge is 0.162 e. The van der Waals surface area contributed by atoms with Crippen LogP contribution in [0.2, 0.25) is 0 Å². The summed E-state index contributed by atoms with van der Waals surface area (Å²) >= 11 is 0. The van der Waals surface area contributed by atoms with Gasteiger partial charge in [-0.3, -0.25) is 0 Å². The van der Waals surface area contributed by atoms with Crippen molar-refractivity contribution in [3.05, 3.63) is 72.8 Å². The van der Waals surface area contributed by atoms with Crippen LogP contribution in [-0.4, -0.2) is 233 Å². The van der Waals surface area contributed by atoms with Gasteiger partial charge in [-0.15, -0.1) is 0 Å². The van der Waals surface area contributed by atoms with Crippen LogP contribution < -0.4 is 37.9 Å². The predicted molar refractivity (Wildman–Crippen MR) is 550 cm³/mol. The number of ether oxygens (including phenoxy) is 20. The minimum atomic E-state index is 0.261. The molecule has 0 radical (unpaired) electrons. The summed E-state index contributed by atoms with van der Waals surface area (Å²) in [6, 6.07) is 25.6. The lowest BCUT2D eigenvalue weighted by Crippen LogP contribution is -2.12. The van der Waals surface area contributed by atoms with Crippen molar-refractivity contribution in [3.63, 3.8) is 0 Å². The number of unbranched alkanes of at least 4 members (excludes halogenated alkanes) is 36. The topological polar surface area (TPSA) is 242 Å². The van der Waals surface area contributed by atoms with Gasteiger partial charge in [0.25, 0.3) is 0 Å². The van der Waals surface area contributed by atoms with Gasteiger partial charge in [-0.1, -0.05) is 259 Å². The number of methoxy groups -OCH3 is 4. The van der Waals surface area contributed by atoms with Gasteiger partial charge in [-0.25, -0.2) is 9.97 Å². The van der Waals surface area contributed by atoms with Crippen molar-refractivity contribution < 1.29 is 94.7 Å². The van der Waals surface area contributed by atoms with E-state index in [1.165, 1.54) is 180 Å². The number of benzene rings is 4. The van der Waals surface area contributed by atoms with Crippen LogP contribution in [0.3, 0.4) is 0 Å². The Labute approximate surface area is 815 Å². The van der Waals surface area contributed by atoms with Crippen molar-refractivity contribution in [2.75, 3.05) is 213 Å². The van der Waals surface area contributed by atoms with Crippen LogP contribution in [0.15, 0.2) is 72.8 Å². The second kappa shape index (κ2) is 71.8. The molecule has 2 aliphatic rings. The third kappa shape index (κ3) is 42.5. The number of nitrogens with zero attached hydrogens (tertiary/aromatic N) is 2. The molecule has 0 aliphatic carbocycles. The van der Waals surface area contributed by atoms with Crippen molar-refractivity contribution in [3.8, 4) is 91.0 Å². The van der Waals surface area contributed by atoms with Crippen LogP contribution in [0.5, 0.6) is 46.0 Å². The van der Waals surface area contributed by atoms with Crippen molar-refractivity contribution in [2.45, 2.75) is 285 Å². The van der Waals surface area contributed by atoms with E-state index in [0.29, 0.717) is 227 Å². The van der Waals surface area contributed by atoms with Crippen LogP contribution in [0, 0.1) is 0 Å². The lowest BCUT2D eigenvalue weighted by molar-refractivity contribution is 0.0177. The van der Waals surface area contributed by atoms with Gasteiger partial charge in [0.05, 0.1) is 181 Å². The molecular formula is C112H174N4O20. The third-order valence-corrected chi connectivity index (χ3v) is 24.9. The molecular weight excluding hydrogens is 1720 g/mol. The fourth-order valence-corrected chi connectivity index (χ4v) is 17.2. The Hall–Kier alpha value is -7.56. The summed E-state index contributed by atoms with van der Waals surface area (Å²) in [5, 5.41) is 3.59. The first-order valence-electron chi connectivity index (χ1n) is 53.0. The summed E-state index contributed by atoms with van der Waals surface area (Å²) in [7, 11) is 6.69. The summed E-state index contributed by atoms with van der Waals surface area (Å²) in [4.78, 5) is 19.6. The molecule has 762 valence electrons. The highest BCUT2D eigenvalue weighted by molar-refractivity contribution is 6.13. The van der Waals surface area contributed by atoms with Crippen molar-refractivity contribution in [1.82, 2.24) is 19.9 Å². The Morgan fingerprint density at radius 2 is 0.338 bits per heavy atom. The first-order chi connectivity index (χ1) is 67.3. The summed E-state index contributed by atoms with van der Waals surface area (Å²) < 4.78 is 124. The van der Waals surface area contributed by atoms with E-state index in [-0.39, 0.29) is 26.4 Å². The molecule has 0 atom stereocenters. The van der Waals surface area contributed by atoms with E-state index in [1.54, 1.807) is 28.4 Å². The highest BCUT2D eigenvalue weighted by Gasteiger charge is 2.28. The number of hydrogen-bond acceptors (Lipinski definition) is 22. The first kappa shape index (κ1) is 112. The Morgan fingerprint density at radius 1 is 0.169 bits per heavy atom. The third-order valence-electron chi connectivity index (χ3n) is 24.9. The summed E-state index contributed by atoms with van der Waals surface area (Å²) in [5.41, 5.74) is 9.36. The van der Waals surface area contributed by atoms with Crippen LogP contribution in [0.1, 0.15) is 285 Å². The predicted octanol–water partition coefficient (Wildman–Crippen LogP) is 26.7.